The normalized spacial score (nSPS) is 8.91. The number of carbonyl (C=O) groups is 2. The van der Waals surface area contributed by atoms with Crippen molar-refractivity contribution in [3.05, 3.63) is 0 Å². The molecule has 0 aliphatic carbocycles. The summed E-state index contributed by atoms with van der Waals surface area (Å²) in [5.41, 5.74) is 0. The summed E-state index contributed by atoms with van der Waals surface area (Å²) in [4.78, 5) is 20.5. The molecule has 0 aromatic carbocycles. The van der Waals surface area contributed by atoms with E-state index in [2.05, 4.69) is 23.3 Å². The van der Waals surface area contributed by atoms with Gasteiger partial charge in [0.2, 0.25) is 5.91 Å². The second kappa shape index (κ2) is 6.03. The van der Waals surface area contributed by atoms with Gasteiger partial charge in [0.25, 0.3) is 5.24 Å². The fraction of sp³-hybridized carbons (Fsp3) is 0.667. The lowest BCUT2D eigenvalue weighted by Crippen LogP contribution is -2.25. The van der Waals surface area contributed by atoms with Crippen LogP contribution in [0.2, 0.25) is 0 Å². The number of carbonyl (C=O) groups excluding carboxylic acids is 2. The van der Waals surface area contributed by atoms with Crippen LogP contribution in [-0.2, 0) is 4.79 Å². The van der Waals surface area contributed by atoms with Gasteiger partial charge in [0.05, 0.1) is 0 Å². The quantitative estimate of drug-likeness (QED) is 0.422. The fourth-order valence-corrected chi connectivity index (χ4v) is 0.660. The Morgan fingerprint density at radius 2 is 1.82 bits per heavy atom. The van der Waals surface area contributed by atoms with Gasteiger partial charge in [-0.2, -0.15) is 0 Å². The van der Waals surface area contributed by atoms with Crippen molar-refractivity contribution < 1.29 is 9.59 Å². The number of nitrogens with one attached hydrogen (secondary N) is 2. The maximum absolute atomic E-state index is 10.3. The lowest BCUT2D eigenvalue weighted by Gasteiger charge is -2.01. The number of hydrogen-bond acceptors (Lipinski definition) is 2. The molecule has 0 aromatic heterocycles. The minimum Gasteiger partial charge on any atom is -0.356 e. The smallest absolute Gasteiger partial charge is 0.275 e. The molecule has 0 heterocycles. The second-order valence-corrected chi connectivity index (χ2v) is 2.47. The van der Waals surface area contributed by atoms with Gasteiger partial charge in [0.1, 0.15) is 0 Å². The predicted molar refractivity (Wildman–Crippen MR) is 45.7 cm³/mol. The van der Waals surface area contributed by atoms with E-state index in [0.29, 0.717) is 13.1 Å². The largest absolute Gasteiger partial charge is 0.356 e. The topological polar surface area (TPSA) is 58.2 Å². The van der Waals surface area contributed by atoms with Crippen LogP contribution in [0.4, 0.5) is 4.79 Å². The zero-order chi connectivity index (χ0) is 8.69. The molecule has 0 saturated carbocycles. The highest BCUT2D eigenvalue weighted by molar-refractivity contribution is 7.96. The molecule has 0 atom stereocenters. The molecule has 0 rings (SSSR count). The highest BCUT2D eigenvalue weighted by Crippen LogP contribution is 1.78. The molecule has 0 bridgehead atoms. The van der Waals surface area contributed by atoms with Gasteiger partial charge in [-0.05, 0) is 6.42 Å². The molecule has 64 valence electrons. The first-order valence-electron chi connectivity index (χ1n) is 3.34. The maximum Gasteiger partial charge on any atom is 0.275 e. The van der Waals surface area contributed by atoms with Gasteiger partial charge in [-0.3, -0.25) is 9.59 Å². The lowest BCUT2D eigenvalue weighted by atomic mass is 10.4. The van der Waals surface area contributed by atoms with E-state index in [-0.39, 0.29) is 11.1 Å². The van der Waals surface area contributed by atoms with Crippen LogP contribution in [0.25, 0.3) is 0 Å². The van der Waals surface area contributed by atoms with Crippen molar-refractivity contribution >= 4 is 23.8 Å². The summed E-state index contributed by atoms with van der Waals surface area (Å²) in [6, 6.07) is 0. The second-order valence-electron chi connectivity index (χ2n) is 2.07. The molecule has 0 radical (unpaired) electrons. The third-order valence-corrected chi connectivity index (χ3v) is 1.16. The van der Waals surface area contributed by atoms with Gasteiger partial charge < -0.3 is 10.6 Å². The van der Waals surface area contributed by atoms with Gasteiger partial charge in [-0.15, -0.1) is 0 Å². The summed E-state index contributed by atoms with van der Waals surface area (Å²) in [7, 11) is 0. The van der Waals surface area contributed by atoms with Crippen LogP contribution in [0.1, 0.15) is 13.3 Å². The van der Waals surface area contributed by atoms with E-state index in [9.17, 15) is 9.59 Å². The van der Waals surface area contributed by atoms with Crippen molar-refractivity contribution in [1.29, 1.82) is 0 Å². The van der Waals surface area contributed by atoms with Crippen molar-refractivity contribution in [2.24, 2.45) is 0 Å². The fourth-order valence-electron chi connectivity index (χ4n) is 0.548. The Hall–Kier alpha value is -0.710. The Balaban J connectivity index is 3.03. The van der Waals surface area contributed by atoms with E-state index in [1.807, 2.05) is 0 Å². The number of thiol groups is 1. The van der Waals surface area contributed by atoms with Gasteiger partial charge in [0, 0.05) is 20.0 Å². The van der Waals surface area contributed by atoms with Crippen molar-refractivity contribution in [2.75, 3.05) is 13.1 Å². The Morgan fingerprint density at radius 3 is 2.27 bits per heavy atom. The van der Waals surface area contributed by atoms with Gasteiger partial charge >= 0.3 is 0 Å². The van der Waals surface area contributed by atoms with E-state index in [4.69, 9.17) is 0 Å². The minimum atomic E-state index is -0.340. The van der Waals surface area contributed by atoms with Crippen molar-refractivity contribution in [3.63, 3.8) is 0 Å². The van der Waals surface area contributed by atoms with E-state index < -0.39 is 0 Å². The van der Waals surface area contributed by atoms with Crippen molar-refractivity contribution in [2.45, 2.75) is 13.3 Å². The molecular formula is C6H12N2O2S. The molecule has 0 fully saturated rings. The summed E-state index contributed by atoms with van der Waals surface area (Å²) in [6.45, 7) is 2.59. The maximum atomic E-state index is 10.3. The highest BCUT2D eigenvalue weighted by Gasteiger charge is 1.92. The van der Waals surface area contributed by atoms with Gasteiger partial charge in [0.15, 0.2) is 0 Å². The summed E-state index contributed by atoms with van der Waals surface area (Å²) in [6.07, 6.45) is 0.728. The first-order chi connectivity index (χ1) is 5.13. The number of amides is 2. The Morgan fingerprint density at radius 1 is 1.27 bits per heavy atom. The third-order valence-electron chi connectivity index (χ3n) is 1.00. The van der Waals surface area contributed by atoms with Crippen LogP contribution >= 0.6 is 12.6 Å². The molecule has 0 aromatic rings. The number of hydrogen-bond donors (Lipinski definition) is 3. The zero-order valence-electron chi connectivity index (χ0n) is 6.39. The minimum absolute atomic E-state index is 0.0535. The van der Waals surface area contributed by atoms with Crippen molar-refractivity contribution in [3.8, 4) is 0 Å². The lowest BCUT2D eigenvalue weighted by molar-refractivity contribution is -0.118. The van der Waals surface area contributed by atoms with Gasteiger partial charge in [-0.1, -0.05) is 12.6 Å². The van der Waals surface area contributed by atoms with Crippen LogP contribution in [0.15, 0.2) is 0 Å². The molecule has 4 nitrogen and oxygen atoms in total. The van der Waals surface area contributed by atoms with E-state index in [0.717, 1.165) is 6.42 Å². The molecule has 2 N–H and O–H groups in total. The summed E-state index contributed by atoms with van der Waals surface area (Å²) in [5.74, 6) is -0.0535. The molecule has 0 aliphatic heterocycles. The molecule has 0 saturated heterocycles. The van der Waals surface area contributed by atoms with Crippen LogP contribution in [0, 0.1) is 0 Å². The highest BCUT2D eigenvalue weighted by atomic mass is 32.1. The average Bonchev–Trinajstić information content (AvgIpc) is 1.85. The monoisotopic (exact) mass is 176 g/mol. The zero-order valence-corrected chi connectivity index (χ0v) is 7.28. The molecule has 5 heteroatoms. The molecule has 0 aliphatic rings. The SMILES string of the molecule is CC(=O)NCCCNC(=O)S. The standard InChI is InChI=1S/C6H12N2O2S/c1-5(9)7-3-2-4-8-6(10)11/h2-4H2,1H3,(H,7,9)(H2,8,10,11). The Labute approximate surface area is 71.1 Å². The van der Waals surface area contributed by atoms with E-state index in [1.165, 1.54) is 6.92 Å². The Kier molecular flexibility index (Phi) is 5.64. The summed E-state index contributed by atoms with van der Waals surface area (Å²) in [5, 5.41) is 4.76. The average molecular weight is 176 g/mol. The molecule has 0 unspecified atom stereocenters. The van der Waals surface area contributed by atoms with E-state index >= 15 is 0 Å². The Bertz CT molecular complexity index is 134. The van der Waals surface area contributed by atoms with Crippen LogP contribution in [-0.4, -0.2) is 24.2 Å². The predicted octanol–water partition coefficient (Wildman–Crippen LogP) is 0.152. The van der Waals surface area contributed by atoms with Crippen LogP contribution < -0.4 is 10.6 Å². The molecule has 0 spiro atoms. The number of rotatable bonds is 4. The first kappa shape index (κ1) is 10.3. The summed E-state index contributed by atoms with van der Waals surface area (Å²) >= 11 is 3.50. The van der Waals surface area contributed by atoms with Crippen LogP contribution in [0.3, 0.4) is 0 Å². The third kappa shape index (κ3) is 9.29. The summed E-state index contributed by atoms with van der Waals surface area (Å²) < 4.78 is 0. The van der Waals surface area contributed by atoms with Gasteiger partial charge in [-0.25, -0.2) is 0 Å². The first-order valence-corrected chi connectivity index (χ1v) is 3.79. The van der Waals surface area contributed by atoms with E-state index in [1.54, 1.807) is 0 Å². The van der Waals surface area contributed by atoms with Crippen molar-refractivity contribution in [1.82, 2.24) is 10.6 Å². The molecular weight excluding hydrogens is 164 g/mol. The van der Waals surface area contributed by atoms with Crippen LogP contribution in [0.5, 0.6) is 0 Å². The molecule has 2 amide bonds. The molecule has 11 heavy (non-hydrogen) atoms.